The van der Waals surface area contributed by atoms with E-state index in [4.69, 9.17) is 16.2 Å². The van der Waals surface area contributed by atoms with Crippen molar-refractivity contribution in [3.63, 3.8) is 0 Å². The van der Waals surface area contributed by atoms with Crippen molar-refractivity contribution >= 4 is 57.7 Å². The molecule has 0 bridgehead atoms. The lowest BCUT2D eigenvalue weighted by Crippen LogP contribution is -2.55. The second-order valence-corrected chi connectivity index (χ2v) is 14.7. The van der Waals surface area contributed by atoms with E-state index >= 15 is 0 Å². The summed E-state index contributed by atoms with van der Waals surface area (Å²) in [6.07, 6.45) is -3.55. The van der Waals surface area contributed by atoms with Gasteiger partial charge < -0.3 is 20.8 Å². The topological polar surface area (TPSA) is 254 Å². The number of rotatable bonds is 8. The van der Waals surface area contributed by atoms with E-state index in [9.17, 15) is 36.7 Å². The van der Waals surface area contributed by atoms with Crippen LogP contribution in [0, 0.1) is 13.8 Å². The van der Waals surface area contributed by atoms with Crippen LogP contribution in [-0.4, -0.2) is 111 Å². The van der Waals surface area contributed by atoms with Crippen molar-refractivity contribution < 1.29 is 50.8 Å². The number of allylic oxidation sites excluding steroid dienone is 2. The summed E-state index contributed by atoms with van der Waals surface area (Å²) >= 11 is 0. The number of nitrogens with one attached hydrogen (secondary N) is 2. The monoisotopic (exact) mass is 878 g/mol. The summed E-state index contributed by atoms with van der Waals surface area (Å²) in [5.41, 5.74) is 12.7. The Bertz CT molecular complexity index is 2880. The SMILES string of the molecule is CCn1nc(C)c2c1C(=O)Nc1nc3cc(C(N)=O)cc(OCCN4CC(F)(F)OC(F)(F)C4)c3n1C/C=C/Cn1c(nc3cc(C(N)=O)cnc31)NC(=O)c1n(CC)nc(C)[n+]1-2. The van der Waals surface area contributed by atoms with Gasteiger partial charge >= 0.3 is 23.9 Å². The highest BCUT2D eigenvalue weighted by molar-refractivity contribution is 6.06. The van der Waals surface area contributed by atoms with Gasteiger partial charge in [0.2, 0.25) is 23.7 Å². The number of carbonyl (C=O) groups excluding carboxylic acids is 4. The van der Waals surface area contributed by atoms with Crippen molar-refractivity contribution in [2.24, 2.45) is 11.5 Å². The molecule has 8 rings (SSSR count). The molecular weight excluding hydrogens is 839 g/mol. The molecule has 6 N–H and O–H groups in total. The second kappa shape index (κ2) is 15.9. The number of primary amides is 2. The van der Waals surface area contributed by atoms with Crippen LogP contribution in [0.3, 0.4) is 0 Å². The first-order valence-corrected chi connectivity index (χ1v) is 19.5. The van der Waals surface area contributed by atoms with E-state index in [1.807, 2.05) is 0 Å². The lowest BCUT2D eigenvalue weighted by molar-refractivity contribution is -0.606. The summed E-state index contributed by atoms with van der Waals surface area (Å²) in [6, 6.07) is 4.11. The Kier molecular flexibility index (Phi) is 10.7. The third kappa shape index (κ3) is 7.90. The smallest absolute Gasteiger partial charge is 0.372 e. The highest BCUT2D eigenvalue weighted by Crippen LogP contribution is 2.35. The molecule has 21 nitrogen and oxygen atoms in total. The Labute approximate surface area is 353 Å². The number of fused-ring (bicyclic) bond motifs is 9. The normalized spacial score (nSPS) is 17.1. The fraction of sp³-hybridized carbons (Fsp3) is 0.368. The molecule has 0 unspecified atom stereocenters. The number of aromatic nitrogens is 10. The predicted octanol–water partition coefficient (Wildman–Crippen LogP) is 2.28. The average molecular weight is 879 g/mol. The van der Waals surface area contributed by atoms with Gasteiger partial charge in [-0.25, -0.2) is 15.0 Å². The van der Waals surface area contributed by atoms with Crippen molar-refractivity contribution in [3.05, 3.63) is 70.7 Å². The van der Waals surface area contributed by atoms with E-state index in [1.54, 1.807) is 49.0 Å². The predicted molar refractivity (Wildman–Crippen MR) is 213 cm³/mol. The molecule has 2 aliphatic heterocycles. The summed E-state index contributed by atoms with van der Waals surface area (Å²) in [6.45, 7) is 4.35. The van der Waals surface area contributed by atoms with E-state index in [1.165, 1.54) is 38.3 Å². The van der Waals surface area contributed by atoms with Gasteiger partial charge in [0.25, 0.3) is 11.7 Å². The minimum atomic E-state index is -4.11. The minimum Gasteiger partial charge on any atom is -0.490 e. The van der Waals surface area contributed by atoms with Crippen LogP contribution >= 0.6 is 0 Å². The van der Waals surface area contributed by atoms with Crippen LogP contribution in [0.25, 0.3) is 27.9 Å². The van der Waals surface area contributed by atoms with Crippen molar-refractivity contribution in [3.8, 4) is 11.4 Å². The zero-order chi connectivity index (χ0) is 45.1. The van der Waals surface area contributed by atoms with Crippen molar-refractivity contribution in [1.29, 1.82) is 0 Å². The molecule has 0 atom stereocenters. The first-order valence-electron chi connectivity index (χ1n) is 19.5. The highest BCUT2D eigenvalue weighted by Gasteiger charge is 2.51. The lowest BCUT2D eigenvalue weighted by atomic mass is 10.1. The number of aryl methyl sites for hydroxylation is 4. The Morgan fingerprint density at radius 3 is 2.14 bits per heavy atom. The van der Waals surface area contributed by atoms with Gasteiger partial charge in [-0.3, -0.25) is 48.7 Å². The van der Waals surface area contributed by atoms with Crippen LogP contribution in [0.5, 0.6) is 5.75 Å². The number of ether oxygens (including phenoxy) is 2. The number of amides is 4. The largest absolute Gasteiger partial charge is 0.490 e. The van der Waals surface area contributed by atoms with Crippen LogP contribution in [0.2, 0.25) is 0 Å². The van der Waals surface area contributed by atoms with Gasteiger partial charge in [0.1, 0.15) is 29.9 Å². The van der Waals surface area contributed by atoms with Crippen LogP contribution < -0.4 is 31.4 Å². The van der Waals surface area contributed by atoms with E-state index in [2.05, 4.69) is 40.5 Å². The summed E-state index contributed by atoms with van der Waals surface area (Å²) in [5, 5.41) is 15.0. The highest BCUT2D eigenvalue weighted by atomic mass is 19.3. The molecule has 330 valence electrons. The fourth-order valence-corrected chi connectivity index (χ4v) is 7.69. The summed E-state index contributed by atoms with van der Waals surface area (Å²) in [7, 11) is 0. The Morgan fingerprint density at radius 1 is 0.857 bits per heavy atom. The quantitative estimate of drug-likeness (QED) is 0.0977. The third-order valence-electron chi connectivity index (χ3n) is 10.3. The first-order chi connectivity index (χ1) is 29.9. The van der Waals surface area contributed by atoms with Crippen molar-refractivity contribution in [2.75, 3.05) is 36.9 Å². The number of hydrogen-bond donors (Lipinski definition) is 4. The molecule has 1 saturated heterocycles. The van der Waals surface area contributed by atoms with E-state index in [0.29, 0.717) is 17.2 Å². The zero-order valence-electron chi connectivity index (χ0n) is 34.2. The van der Waals surface area contributed by atoms with Gasteiger partial charge in [-0.05, 0) is 39.0 Å². The number of morpholine rings is 1. The Hall–Kier alpha value is -7.28. The lowest BCUT2D eigenvalue weighted by Gasteiger charge is -2.36. The molecular formula is C38H40F4N15O6+. The summed E-state index contributed by atoms with van der Waals surface area (Å²) < 4.78 is 73.3. The Morgan fingerprint density at radius 2 is 1.48 bits per heavy atom. The number of anilines is 2. The van der Waals surface area contributed by atoms with Gasteiger partial charge in [-0.15, -0.1) is 4.68 Å². The minimum absolute atomic E-state index is 0.0207. The van der Waals surface area contributed by atoms with Crippen molar-refractivity contribution in [1.82, 2.24) is 48.5 Å². The number of alkyl halides is 4. The standard InChI is InChI=1S/C38H39F4N15O6/c1-5-55-28-26(19(3)50-55)57-20(4)51-56(6-2)34(57)33(61)49-36-47-24-14-22(30(44)59)16-45-31(24)54(36)10-8-7-9-53-27-23(46-35(53)48-32(28)60)13-21(29(43)58)15-25(27)62-12-11-52-17-37(39,40)63-38(41,42)18-52/h7-8,13-16H,5-6,9-12,17-18H2,1-4H3,(H5-,43,44,46,47,48,49,58,59,60,61)/p+1/b8-7+. The molecule has 5 aromatic heterocycles. The van der Waals surface area contributed by atoms with E-state index < -0.39 is 62.1 Å². The van der Waals surface area contributed by atoms with Crippen LogP contribution in [0.15, 0.2) is 36.5 Å². The number of nitrogens with zero attached hydrogens (tertiary/aromatic N) is 11. The molecule has 2 aliphatic rings. The molecule has 6 aromatic rings. The molecule has 0 aliphatic carbocycles. The Balaban J connectivity index is 1.29. The zero-order valence-corrected chi connectivity index (χ0v) is 34.2. The maximum atomic E-state index is 14.7. The van der Waals surface area contributed by atoms with Gasteiger partial charge in [0.15, 0.2) is 17.0 Å². The van der Waals surface area contributed by atoms with Gasteiger partial charge in [-0.1, -0.05) is 12.2 Å². The first kappa shape index (κ1) is 42.4. The van der Waals surface area contributed by atoms with Crippen LogP contribution in [0.1, 0.15) is 67.2 Å². The summed E-state index contributed by atoms with van der Waals surface area (Å²) in [4.78, 5) is 68.2. The number of benzene rings is 1. The van der Waals surface area contributed by atoms with Crippen molar-refractivity contribution in [2.45, 2.75) is 66.1 Å². The van der Waals surface area contributed by atoms with Gasteiger partial charge in [-0.2, -0.15) is 27.2 Å². The molecule has 63 heavy (non-hydrogen) atoms. The molecule has 4 amide bonds. The number of nitrogens with two attached hydrogens (primary N) is 2. The molecule has 0 spiro atoms. The molecule has 0 radical (unpaired) electrons. The van der Waals surface area contributed by atoms with E-state index in [-0.39, 0.29) is 88.7 Å². The average Bonchev–Trinajstić information content (AvgIpc) is 3.93. The molecule has 0 saturated carbocycles. The molecule has 1 fully saturated rings. The molecule has 1 aromatic carbocycles. The second-order valence-electron chi connectivity index (χ2n) is 14.7. The van der Waals surface area contributed by atoms with E-state index in [0.717, 1.165) is 4.90 Å². The maximum absolute atomic E-state index is 14.7. The fourth-order valence-electron chi connectivity index (χ4n) is 7.69. The number of halogens is 4. The maximum Gasteiger partial charge on any atom is 0.372 e. The van der Waals surface area contributed by atoms with Crippen LogP contribution in [-0.2, 0) is 30.9 Å². The summed E-state index contributed by atoms with van der Waals surface area (Å²) in [5.74, 6) is -2.63. The molecule has 25 heteroatoms. The number of pyridine rings is 1. The third-order valence-corrected chi connectivity index (χ3v) is 10.3. The van der Waals surface area contributed by atoms with Gasteiger partial charge in [0.05, 0.1) is 29.9 Å². The van der Waals surface area contributed by atoms with Gasteiger partial charge in [0, 0.05) is 50.0 Å². The van der Waals surface area contributed by atoms with Crippen LogP contribution in [0.4, 0.5) is 29.5 Å². The number of imidazole rings is 2. The number of hydrogen-bond acceptors (Lipinski definition) is 12. The number of carbonyl (C=O) groups is 4. The molecule has 7 heterocycles.